The van der Waals surface area contributed by atoms with Crippen molar-refractivity contribution in [2.24, 2.45) is 11.8 Å². The number of allylic oxidation sites excluding steroid dienone is 2. The Morgan fingerprint density at radius 1 is 0.714 bits per heavy atom. The second kappa shape index (κ2) is 16.5. The first-order chi connectivity index (χ1) is 23.4. The van der Waals surface area contributed by atoms with Crippen LogP contribution in [0.2, 0.25) is 0 Å². The summed E-state index contributed by atoms with van der Waals surface area (Å²) in [6.45, 7) is 8.07. The number of ketones is 1. The van der Waals surface area contributed by atoms with Gasteiger partial charge in [0.2, 0.25) is 0 Å². The SMILES string of the molecule is CCC(CC)C(=O)/C=C(\O)C(CC)CC.[Ir].[c-]1ccc2cc1-c1nccc3cc(sc13)-c1cccc(c1)-c1cccc(c1)-c1cccc-2c1. The summed E-state index contributed by atoms with van der Waals surface area (Å²) >= 11 is 1.80. The molecule has 3 heterocycles. The minimum Gasteiger partial charge on any atom is -0.512 e. The number of pyridine rings is 1. The van der Waals surface area contributed by atoms with Crippen molar-refractivity contribution in [3.05, 3.63) is 127 Å². The van der Waals surface area contributed by atoms with Gasteiger partial charge in [0, 0.05) is 59.5 Å². The maximum absolute atomic E-state index is 11.7. The third kappa shape index (κ3) is 8.02. The number of fused-ring (bicyclic) bond motifs is 14. The van der Waals surface area contributed by atoms with Gasteiger partial charge in [-0.15, -0.1) is 46.7 Å². The molecule has 10 bridgehead atoms. The van der Waals surface area contributed by atoms with E-state index in [4.69, 9.17) is 4.98 Å². The Balaban J connectivity index is 0.000000252. The molecular formula is C44H42IrNO2S-. The van der Waals surface area contributed by atoms with Crippen LogP contribution in [0.3, 0.4) is 0 Å². The van der Waals surface area contributed by atoms with E-state index in [-0.39, 0.29) is 43.5 Å². The molecule has 1 aliphatic heterocycles. The molecule has 3 nitrogen and oxygen atoms in total. The van der Waals surface area contributed by atoms with E-state index in [0.717, 1.165) is 36.9 Å². The van der Waals surface area contributed by atoms with Crippen LogP contribution in [-0.4, -0.2) is 15.9 Å². The third-order valence-electron chi connectivity index (χ3n) is 9.44. The van der Waals surface area contributed by atoms with E-state index in [1.807, 2.05) is 40.0 Å². The van der Waals surface area contributed by atoms with Gasteiger partial charge in [-0.1, -0.05) is 82.3 Å². The van der Waals surface area contributed by atoms with Crippen molar-refractivity contribution in [3.63, 3.8) is 0 Å². The Kier molecular flexibility index (Phi) is 12.2. The van der Waals surface area contributed by atoms with Crippen LogP contribution in [0.25, 0.3) is 65.2 Å². The molecule has 251 valence electrons. The second-order valence-corrected chi connectivity index (χ2v) is 13.5. The van der Waals surface area contributed by atoms with Gasteiger partial charge < -0.3 is 10.1 Å². The summed E-state index contributed by atoms with van der Waals surface area (Å²) in [7, 11) is 0. The molecule has 0 aliphatic carbocycles. The first-order valence-corrected chi connectivity index (χ1v) is 17.9. The Bertz CT molecular complexity index is 2090. The normalized spacial score (nSPS) is 11.7. The van der Waals surface area contributed by atoms with Crippen molar-refractivity contribution in [2.45, 2.75) is 53.4 Å². The van der Waals surface area contributed by atoms with Gasteiger partial charge in [0.1, 0.15) is 0 Å². The largest absolute Gasteiger partial charge is 0.512 e. The average molecular weight is 841 g/mol. The molecule has 1 radical (unpaired) electrons. The summed E-state index contributed by atoms with van der Waals surface area (Å²) in [6, 6.07) is 40.6. The predicted molar refractivity (Wildman–Crippen MR) is 203 cm³/mol. The number of carbonyl (C=O) groups excluding carboxylic acids is 1. The fraction of sp³-hybridized carbons (Fsp3) is 0.227. The maximum Gasteiger partial charge on any atom is 0.162 e. The molecule has 5 heteroatoms. The molecule has 0 atom stereocenters. The number of aliphatic hydroxyl groups excluding tert-OH is 1. The smallest absolute Gasteiger partial charge is 0.162 e. The van der Waals surface area contributed by atoms with Crippen LogP contribution >= 0.6 is 11.3 Å². The molecule has 0 spiro atoms. The minimum absolute atomic E-state index is 0. The molecule has 2 aromatic heterocycles. The fourth-order valence-electron chi connectivity index (χ4n) is 6.47. The van der Waals surface area contributed by atoms with Crippen molar-refractivity contribution in [1.82, 2.24) is 4.98 Å². The van der Waals surface area contributed by atoms with E-state index < -0.39 is 0 Å². The summed E-state index contributed by atoms with van der Waals surface area (Å²) in [4.78, 5) is 17.8. The number of nitrogens with zero attached hydrogens (tertiary/aromatic N) is 1. The van der Waals surface area contributed by atoms with Gasteiger partial charge in [-0.3, -0.25) is 4.79 Å². The van der Waals surface area contributed by atoms with E-state index in [0.29, 0.717) is 0 Å². The Morgan fingerprint density at radius 2 is 1.22 bits per heavy atom. The fourth-order valence-corrected chi connectivity index (χ4v) is 7.62. The van der Waals surface area contributed by atoms with E-state index in [1.54, 1.807) is 11.3 Å². The predicted octanol–water partition coefficient (Wildman–Crippen LogP) is 12.6. The van der Waals surface area contributed by atoms with Crippen molar-refractivity contribution < 1.29 is 30.0 Å². The zero-order chi connectivity index (χ0) is 33.6. The second-order valence-electron chi connectivity index (χ2n) is 12.4. The van der Waals surface area contributed by atoms with Crippen LogP contribution in [0.4, 0.5) is 0 Å². The molecule has 0 fully saturated rings. The van der Waals surface area contributed by atoms with Gasteiger partial charge in [0.25, 0.3) is 0 Å². The average Bonchev–Trinajstić information content (AvgIpc) is 3.58. The topological polar surface area (TPSA) is 50.2 Å². The van der Waals surface area contributed by atoms with E-state index in [2.05, 4.69) is 103 Å². The molecule has 1 aliphatic rings. The van der Waals surface area contributed by atoms with Gasteiger partial charge in [0.15, 0.2) is 5.78 Å². The van der Waals surface area contributed by atoms with E-state index >= 15 is 0 Å². The minimum atomic E-state index is 0. The summed E-state index contributed by atoms with van der Waals surface area (Å²) in [5.41, 5.74) is 10.5. The molecule has 0 saturated carbocycles. The molecule has 1 N–H and O–H groups in total. The van der Waals surface area contributed by atoms with Gasteiger partial charge in [-0.25, -0.2) is 0 Å². The Morgan fingerprint density at radius 3 is 1.78 bits per heavy atom. The molecular weight excluding hydrogens is 799 g/mol. The van der Waals surface area contributed by atoms with Gasteiger partial charge >= 0.3 is 0 Å². The first-order valence-electron chi connectivity index (χ1n) is 17.1. The van der Waals surface area contributed by atoms with Crippen molar-refractivity contribution in [2.75, 3.05) is 0 Å². The number of hydrogen-bond acceptors (Lipinski definition) is 4. The Hall–Kier alpha value is -4.15. The van der Waals surface area contributed by atoms with Crippen LogP contribution < -0.4 is 0 Å². The summed E-state index contributed by atoms with van der Waals surface area (Å²) in [5, 5.41) is 11.0. The maximum atomic E-state index is 11.7. The summed E-state index contributed by atoms with van der Waals surface area (Å²) < 4.78 is 1.20. The van der Waals surface area contributed by atoms with Gasteiger partial charge in [-0.2, -0.15) is 0 Å². The zero-order valence-electron chi connectivity index (χ0n) is 28.5. The summed E-state index contributed by atoms with van der Waals surface area (Å²) in [5.74, 6) is 0.547. The zero-order valence-corrected chi connectivity index (χ0v) is 31.7. The monoisotopic (exact) mass is 841 g/mol. The standard InChI is InChI=1S/C31H18NS.C13H24O2.Ir/c1-5-20-15-22(7-1)24-9-3-11-26(17-24)29-19-28-13-14-32-30(31(28)33-29)27-12-4-10-25(18-27)23-8-2-6-21(20)16-23;1-5-10(6-2)12(14)9-13(15)11(7-3)8-4;/h1-11,13-19H;9-11,14H,5-8H2,1-4H3;/q-1;;/b;12-9-;. The third-order valence-corrected chi connectivity index (χ3v) is 10.7. The van der Waals surface area contributed by atoms with Crippen LogP contribution in [0.5, 0.6) is 0 Å². The van der Waals surface area contributed by atoms with Gasteiger partial charge in [0.05, 0.1) is 5.76 Å². The van der Waals surface area contributed by atoms with E-state index in [1.165, 1.54) is 60.0 Å². The number of thiophene rings is 1. The number of hydrogen-bond donors (Lipinski definition) is 1. The molecule has 0 saturated heterocycles. The quantitative estimate of drug-likeness (QED) is 0.0988. The van der Waals surface area contributed by atoms with Crippen LogP contribution in [0.1, 0.15) is 53.4 Å². The number of rotatable bonds is 7. The van der Waals surface area contributed by atoms with Crippen molar-refractivity contribution in [3.8, 4) is 55.1 Å². The number of aromatic nitrogens is 1. The summed E-state index contributed by atoms with van der Waals surface area (Å²) in [6.07, 6.45) is 6.81. The molecule has 0 unspecified atom stereocenters. The molecule has 7 rings (SSSR count). The number of carbonyl (C=O) groups is 1. The van der Waals surface area contributed by atoms with Crippen molar-refractivity contribution in [1.29, 1.82) is 0 Å². The number of benzene rings is 4. The Labute approximate surface area is 308 Å². The molecule has 4 aromatic carbocycles. The van der Waals surface area contributed by atoms with E-state index in [9.17, 15) is 9.90 Å². The van der Waals surface area contributed by atoms with Crippen LogP contribution in [0.15, 0.2) is 121 Å². The van der Waals surface area contributed by atoms with Crippen molar-refractivity contribution >= 4 is 27.2 Å². The molecule has 6 aromatic rings. The van der Waals surface area contributed by atoms with Crippen LogP contribution in [-0.2, 0) is 24.9 Å². The number of aliphatic hydroxyl groups is 1. The first kappa shape index (κ1) is 36.1. The van der Waals surface area contributed by atoms with Gasteiger partial charge in [-0.05, 0) is 94.8 Å². The molecule has 49 heavy (non-hydrogen) atoms. The molecule has 0 amide bonds. The van der Waals surface area contributed by atoms with Crippen LogP contribution in [0, 0.1) is 17.9 Å².